The summed E-state index contributed by atoms with van der Waals surface area (Å²) in [5, 5.41) is 6.22. The van der Waals surface area contributed by atoms with Crippen molar-refractivity contribution in [1.82, 2.24) is 0 Å². The number of fused-ring (bicyclic) bond motifs is 4. The Bertz CT molecular complexity index is 2130. The SMILES string of the molecule is CC1(C)c2cc(Nc3ccc(-c4cccc5ccccc45)cc3)ccc2-c2ccc(-c3ccc(-c4ccccc4)cc3)cc21. The average molecular weight is 564 g/mol. The number of benzene rings is 7. The number of hydrogen-bond acceptors (Lipinski definition) is 1. The Labute approximate surface area is 259 Å². The van der Waals surface area contributed by atoms with Crippen molar-refractivity contribution < 1.29 is 0 Å². The monoisotopic (exact) mass is 563 g/mol. The first-order valence-electron chi connectivity index (χ1n) is 15.4. The lowest BCUT2D eigenvalue weighted by atomic mass is 9.81. The molecule has 0 spiro atoms. The highest BCUT2D eigenvalue weighted by atomic mass is 14.9. The lowest BCUT2D eigenvalue weighted by Crippen LogP contribution is -2.15. The number of hydrogen-bond donors (Lipinski definition) is 1. The number of anilines is 2. The molecular weight excluding hydrogens is 530 g/mol. The van der Waals surface area contributed by atoms with Crippen molar-refractivity contribution in [1.29, 1.82) is 0 Å². The van der Waals surface area contributed by atoms with Crippen LogP contribution in [0.25, 0.3) is 55.3 Å². The molecule has 44 heavy (non-hydrogen) atoms. The fourth-order valence-electron chi connectivity index (χ4n) is 6.86. The summed E-state index contributed by atoms with van der Waals surface area (Å²) in [7, 11) is 0. The molecule has 0 unspecified atom stereocenters. The van der Waals surface area contributed by atoms with Gasteiger partial charge in [-0.3, -0.25) is 0 Å². The Kier molecular flexibility index (Phi) is 6.20. The fourth-order valence-corrected chi connectivity index (χ4v) is 6.86. The van der Waals surface area contributed by atoms with Crippen molar-refractivity contribution in [3.63, 3.8) is 0 Å². The van der Waals surface area contributed by atoms with E-state index in [1.54, 1.807) is 0 Å². The quantitative estimate of drug-likeness (QED) is 0.220. The molecule has 0 saturated carbocycles. The van der Waals surface area contributed by atoms with E-state index in [1.165, 1.54) is 66.4 Å². The van der Waals surface area contributed by atoms with Crippen LogP contribution in [-0.4, -0.2) is 0 Å². The third-order valence-corrected chi connectivity index (χ3v) is 9.28. The molecule has 0 saturated heterocycles. The van der Waals surface area contributed by atoms with Gasteiger partial charge in [-0.05, 0) is 96.7 Å². The fraction of sp³-hybridized carbons (Fsp3) is 0.0698. The Morgan fingerprint density at radius 3 is 1.70 bits per heavy atom. The van der Waals surface area contributed by atoms with Crippen LogP contribution in [0.1, 0.15) is 25.0 Å². The van der Waals surface area contributed by atoms with Gasteiger partial charge in [-0.25, -0.2) is 0 Å². The normalized spacial score (nSPS) is 13.0. The van der Waals surface area contributed by atoms with Gasteiger partial charge in [0, 0.05) is 16.8 Å². The molecule has 0 radical (unpaired) electrons. The second-order valence-electron chi connectivity index (χ2n) is 12.3. The highest BCUT2D eigenvalue weighted by Crippen LogP contribution is 2.50. The van der Waals surface area contributed by atoms with Gasteiger partial charge in [-0.15, -0.1) is 0 Å². The zero-order valence-electron chi connectivity index (χ0n) is 25.0. The van der Waals surface area contributed by atoms with E-state index in [-0.39, 0.29) is 5.41 Å². The minimum Gasteiger partial charge on any atom is -0.356 e. The predicted molar refractivity (Wildman–Crippen MR) is 188 cm³/mol. The summed E-state index contributed by atoms with van der Waals surface area (Å²) >= 11 is 0. The first kappa shape index (κ1) is 26.2. The lowest BCUT2D eigenvalue weighted by Gasteiger charge is -2.23. The maximum Gasteiger partial charge on any atom is 0.0387 e. The molecule has 1 aliphatic carbocycles. The third kappa shape index (κ3) is 4.49. The van der Waals surface area contributed by atoms with Crippen LogP contribution >= 0.6 is 0 Å². The smallest absolute Gasteiger partial charge is 0.0387 e. The van der Waals surface area contributed by atoms with Crippen LogP contribution in [0, 0.1) is 0 Å². The standard InChI is InChI=1S/C43H33N/c1-43(2)41-27-34(31-17-15-30(16-18-31)29-9-4-3-5-10-29)21-25-39(41)40-26-24-36(28-42(40)43)44-35-22-19-33(20-23-35)38-14-8-12-32-11-6-7-13-37(32)38/h3-28,44H,1-2H3. The molecular formula is C43H33N. The van der Waals surface area contributed by atoms with Crippen LogP contribution < -0.4 is 5.32 Å². The Hall–Kier alpha value is -5.40. The van der Waals surface area contributed by atoms with Gasteiger partial charge in [0.25, 0.3) is 0 Å². The molecule has 1 N–H and O–H groups in total. The van der Waals surface area contributed by atoms with E-state index in [1.807, 2.05) is 0 Å². The van der Waals surface area contributed by atoms with Gasteiger partial charge in [-0.1, -0.05) is 141 Å². The minimum absolute atomic E-state index is 0.0967. The molecule has 0 bridgehead atoms. The van der Waals surface area contributed by atoms with Crippen LogP contribution in [0.4, 0.5) is 11.4 Å². The van der Waals surface area contributed by atoms with Gasteiger partial charge in [0.1, 0.15) is 0 Å². The van der Waals surface area contributed by atoms with E-state index >= 15 is 0 Å². The zero-order chi connectivity index (χ0) is 29.7. The molecule has 0 amide bonds. The highest BCUT2D eigenvalue weighted by molar-refractivity contribution is 5.97. The van der Waals surface area contributed by atoms with Crippen LogP contribution in [0.2, 0.25) is 0 Å². The Morgan fingerprint density at radius 1 is 0.386 bits per heavy atom. The van der Waals surface area contributed by atoms with E-state index in [0.29, 0.717) is 0 Å². The second kappa shape index (κ2) is 10.4. The van der Waals surface area contributed by atoms with Crippen LogP contribution in [0.15, 0.2) is 158 Å². The minimum atomic E-state index is -0.0967. The van der Waals surface area contributed by atoms with Crippen molar-refractivity contribution in [2.24, 2.45) is 0 Å². The molecule has 8 rings (SSSR count). The molecule has 1 aliphatic rings. The molecule has 7 aromatic carbocycles. The summed E-state index contributed by atoms with van der Waals surface area (Å²) < 4.78 is 0. The van der Waals surface area contributed by atoms with Crippen LogP contribution in [0.3, 0.4) is 0 Å². The molecule has 7 aromatic rings. The zero-order valence-corrected chi connectivity index (χ0v) is 25.0. The van der Waals surface area contributed by atoms with Crippen molar-refractivity contribution >= 4 is 22.1 Å². The maximum absolute atomic E-state index is 3.67. The summed E-state index contributed by atoms with van der Waals surface area (Å²) in [5.74, 6) is 0. The molecule has 1 nitrogen and oxygen atoms in total. The Balaban J connectivity index is 1.05. The van der Waals surface area contributed by atoms with Crippen molar-refractivity contribution in [2.75, 3.05) is 5.32 Å². The molecule has 0 aliphatic heterocycles. The third-order valence-electron chi connectivity index (χ3n) is 9.28. The number of rotatable bonds is 5. The van der Waals surface area contributed by atoms with E-state index < -0.39 is 0 Å². The van der Waals surface area contributed by atoms with E-state index in [0.717, 1.165) is 11.4 Å². The van der Waals surface area contributed by atoms with E-state index in [2.05, 4.69) is 177 Å². The maximum atomic E-state index is 3.67. The summed E-state index contributed by atoms with van der Waals surface area (Å²) in [6.45, 7) is 4.70. The lowest BCUT2D eigenvalue weighted by molar-refractivity contribution is 0.661. The first-order valence-corrected chi connectivity index (χ1v) is 15.4. The average Bonchev–Trinajstić information content (AvgIpc) is 3.30. The summed E-state index contributed by atoms with van der Waals surface area (Å²) in [5.41, 5.74) is 15.0. The van der Waals surface area contributed by atoms with Gasteiger partial charge in [-0.2, -0.15) is 0 Å². The highest BCUT2D eigenvalue weighted by Gasteiger charge is 2.35. The largest absolute Gasteiger partial charge is 0.356 e. The molecule has 0 aromatic heterocycles. The van der Waals surface area contributed by atoms with E-state index in [4.69, 9.17) is 0 Å². The second-order valence-corrected chi connectivity index (χ2v) is 12.3. The van der Waals surface area contributed by atoms with Crippen molar-refractivity contribution in [3.8, 4) is 44.5 Å². The predicted octanol–water partition coefficient (Wildman–Crippen LogP) is 11.9. The number of nitrogens with one attached hydrogen (secondary N) is 1. The molecule has 0 heterocycles. The topological polar surface area (TPSA) is 12.0 Å². The van der Waals surface area contributed by atoms with Gasteiger partial charge in [0.15, 0.2) is 0 Å². The molecule has 1 heteroatoms. The summed E-state index contributed by atoms with van der Waals surface area (Å²) in [6.07, 6.45) is 0. The molecule has 0 fully saturated rings. The molecule has 210 valence electrons. The summed E-state index contributed by atoms with van der Waals surface area (Å²) in [4.78, 5) is 0. The molecule has 0 atom stereocenters. The van der Waals surface area contributed by atoms with Crippen LogP contribution in [-0.2, 0) is 5.41 Å². The van der Waals surface area contributed by atoms with Crippen LogP contribution in [0.5, 0.6) is 0 Å². The van der Waals surface area contributed by atoms with Gasteiger partial charge in [0.2, 0.25) is 0 Å². The summed E-state index contributed by atoms with van der Waals surface area (Å²) in [6, 6.07) is 57.2. The first-order chi connectivity index (χ1) is 21.5. The Morgan fingerprint density at radius 2 is 0.932 bits per heavy atom. The van der Waals surface area contributed by atoms with Crippen molar-refractivity contribution in [3.05, 3.63) is 169 Å². The van der Waals surface area contributed by atoms with Gasteiger partial charge < -0.3 is 5.32 Å². The van der Waals surface area contributed by atoms with Gasteiger partial charge in [0.05, 0.1) is 0 Å². The van der Waals surface area contributed by atoms with Gasteiger partial charge >= 0.3 is 0 Å². The van der Waals surface area contributed by atoms with E-state index in [9.17, 15) is 0 Å². The van der Waals surface area contributed by atoms with Crippen molar-refractivity contribution in [2.45, 2.75) is 19.3 Å².